The van der Waals surface area contributed by atoms with Crippen molar-refractivity contribution in [2.24, 2.45) is 17.4 Å². The Hall–Kier alpha value is -1.79. The predicted octanol–water partition coefficient (Wildman–Crippen LogP) is -0.663. The van der Waals surface area contributed by atoms with Gasteiger partial charge in [-0.25, -0.2) is 4.79 Å². The summed E-state index contributed by atoms with van der Waals surface area (Å²) in [6, 6.07) is -1.50. The molecule has 1 aliphatic heterocycles. The first-order valence-electron chi connectivity index (χ1n) is 6.02. The topological polar surface area (TPSA) is 116 Å². The van der Waals surface area contributed by atoms with Crippen LogP contribution in [0.5, 0.6) is 0 Å². The zero-order valence-corrected chi connectivity index (χ0v) is 10.0. The Morgan fingerprint density at radius 1 is 1.22 bits per heavy atom. The average molecular weight is 255 g/mol. The number of likely N-dealkylation sites (tertiary alicyclic amines) is 1. The molecule has 4 N–H and O–H groups in total. The molecule has 7 heteroatoms. The minimum atomic E-state index is -0.777. The van der Waals surface area contributed by atoms with E-state index in [9.17, 15) is 14.4 Å². The molecule has 2 unspecified atom stereocenters. The summed E-state index contributed by atoms with van der Waals surface area (Å²) in [5, 5.41) is 0. The second-order valence-corrected chi connectivity index (χ2v) is 4.90. The monoisotopic (exact) mass is 255 g/mol. The highest BCUT2D eigenvalue weighted by Gasteiger charge is 2.40. The van der Waals surface area contributed by atoms with Crippen molar-refractivity contribution >= 4 is 17.9 Å². The minimum Gasteiger partial charge on any atom is -0.460 e. The molecule has 1 aliphatic carbocycles. The minimum absolute atomic E-state index is 0.138. The second kappa shape index (κ2) is 4.83. The Morgan fingerprint density at radius 3 is 2.33 bits per heavy atom. The fourth-order valence-corrected chi connectivity index (χ4v) is 2.19. The van der Waals surface area contributed by atoms with Crippen LogP contribution in [0.25, 0.3) is 0 Å². The fourth-order valence-electron chi connectivity index (χ4n) is 2.19. The molecule has 0 aromatic rings. The number of hydrogen-bond acceptors (Lipinski definition) is 4. The van der Waals surface area contributed by atoms with Gasteiger partial charge in [-0.05, 0) is 18.8 Å². The highest BCUT2D eigenvalue weighted by atomic mass is 16.5. The Bertz CT molecular complexity index is 358. The number of nitrogens with two attached hydrogens (primary N) is 2. The molecule has 0 bridgehead atoms. The summed E-state index contributed by atoms with van der Waals surface area (Å²) in [5.74, 6) is -0.468. The molecule has 0 aromatic heterocycles. The van der Waals surface area contributed by atoms with Crippen LogP contribution >= 0.6 is 0 Å². The van der Waals surface area contributed by atoms with Crippen molar-refractivity contribution in [2.75, 3.05) is 6.54 Å². The molecule has 1 saturated heterocycles. The van der Waals surface area contributed by atoms with Gasteiger partial charge in [0.2, 0.25) is 5.91 Å². The summed E-state index contributed by atoms with van der Waals surface area (Å²) in [4.78, 5) is 35.0. The summed E-state index contributed by atoms with van der Waals surface area (Å²) in [5.41, 5.74) is 10.3. The third-order valence-electron chi connectivity index (χ3n) is 3.32. The van der Waals surface area contributed by atoms with Gasteiger partial charge in [0.25, 0.3) is 0 Å². The lowest BCUT2D eigenvalue weighted by atomic mass is 10.2. The van der Waals surface area contributed by atoms with Gasteiger partial charge in [-0.2, -0.15) is 0 Å². The molecule has 18 heavy (non-hydrogen) atoms. The number of amides is 3. The highest BCUT2D eigenvalue weighted by Crippen LogP contribution is 2.33. The molecule has 2 atom stereocenters. The molecular weight excluding hydrogens is 238 g/mol. The van der Waals surface area contributed by atoms with Gasteiger partial charge < -0.3 is 21.1 Å². The second-order valence-electron chi connectivity index (χ2n) is 4.90. The van der Waals surface area contributed by atoms with Crippen molar-refractivity contribution in [3.63, 3.8) is 0 Å². The maximum Gasteiger partial charge on any atom is 0.315 e. The molecule has 1 heterocycles. The van der Waals surface area contributed by atoms with Crippen LogP contribution < -0.4 is 11.5 Å². The lowest BCUT2D eigenvalue weighted by Gasteiger charge is -2.18. The van der Waals surface area contributed by atoms with Crippen molar-refractivity contribution in [1.29, 1.82) is 0 Å². The number of ether oxygens (including phenoxy) is 1. The first-order chi connectivity index (χ1) is 8.47. The van der Waals surface area contributed by atoms with Crippen LogP contribution in [0.1, 0.15) is 25.7 Å². The zero-order valence-electron chi connectivity index (χ0n) is 10.0. The van der Waals surface area contributed by atoms with E-state index < -0.39 is 24.1 Å². The highest BCUT2D eigenvalue weighted by molar-refractivity contribution is 5.86. The van der Waals surface area contributed by atoms with Gasteiger partial charge in [-0.3, -0.25) is 9.59 Å². The SMILES string of the molecule is NC(=O)C1CC(OC(=O)CC2CC2)CN1C(N)=O. The molecule has 0 aromatic carbocycles. The van der Waals surface area contributed by atoms with Gasteiger partial charge in [0, 0.05) is 12.8 Å². The third kappa shape index (κ3) is 2.91. The number of carbonyl (C=O) groups is 3. The Kier molecular flexibility index (Phi) is 3.40. The van der Waals surface area contributed by atoms with E-state index >= 15 is 0 Å². The van der Waals surface area contributed by atoms with E-state index in [4.69, 9.17) is 16.2 Å². The smallest absolute Gasteiger partial charge is 0.315 e. The predicted molar refractivity (Wildman–Crippen MR) is 61.1 cm³/mol. The van der Waals surface area contributed by atoms with Crippen molar-refractivity contribution < 1.29 is 19.1 Å². The molecule has 7 nitrogen and oxygen atoms in total. The van der Waals surface area contributed by atoms with Gasteiger partial charge in [-0.15, -0.1) is 0 Å². The average Bonchev–Trinajstić information content (AvgIpc) is 2.94. The van der Waals surface area contributed by atoms with Crippen LogP contribution in [-0.4, -0.2) is 41.5 Å². The van der Waals surface area contributed by atoms with Crippen LogP contribution in [0.3, 0.4) is 0 Å². The third-order valence-corrected chi connectivity index (χ3v) is 3.32. The summed E-state index contributed by atoms with van der Waals surface area (Å²) >= 11 is 0. The van der Waals surface area contributed by atoms with E-state index in [2.05, 4.69) is 0 Å². The van der Waals surface area contributed by atoms with Gasteiger partial charge >= 0.3 is 12.0 Å². The number of carbonyl (C=O) groups excluding carboxylic acids is 3. The van der Waals surface area contributed by atoms with Crippen molar-refractivity contribution in [1.82, 2.24) is 4.90 Å². The molecule has 1 saturated carbocycles. The van der Waals surface area contributed by atoms with Crippen LogP contribution in [0.4, 0.5) is 4.79 Å². The van der Waals surface area contributed by atoms with E-state index in [1.807, 2.05) is 0 Å². The van der Waals surface area contributed by atoms with Gasteiger partial charge in [0.15, 0.2) is 0 Å². The summed E-state index contributed by atoms with van der Waals surface area (Å²) < 4.78 is 5.23. The van der Waals surface area contributed by atoms with E-state index in [0.717, 1.165) is 17.7 Å². The van der Waals surface area contributed by atoms with E-state index in [-0.39, 0.29) is 18.9 Å². The number of esters is 1. The van der Waals surface area contributed by atoms with Crippen molar-refractivity contribution in [2.45, 2.75) is 37.8 Å². The number of urea groups is 1. The lowest BCUT2D eigenvalue weighted by molar-refractivity contribution is -0.149. The largest absolute Gasteiger partial charge is 0.460 e. The van der Waals surface area contributed by atoms with Crippen molar-refractivity contribution in [3.05, 3.63) is 0 Å². The molecule has 100 valence electrons. The van der Waals surface area contributed by atoms with E-state index in [1.54, 1.807) is 0 Å². The van der Waals surface area contributed by atoms with Gasteiger partial charge in [-0.1, -0.05) is 0 Å². The summed E-state index contributed by atoms with van der Waals surface area (Å²) in [6.45, 7) is 0.138. The van der Waals surface area contributed by atoms with Crippen LogP contribution in [0, 0.1) is 5.92 Å². The Labute approximate surface area is 104 Å². The Morgan fingerprint density at radius 2 is 1.89 bits per heavy atom. The number of hydrogen-bond donors (Lipinski definition) is 2. The maximum absolute atomic E-state index is 11.5. The molecule has 0 radical (unpaired) electrons. The zero-order chi connectivity index (χ0) is 13.3. The van der Waals surface area contributed by atoms with Gasteiger partial charge in [0.1, 0.15) is 12.1 Å². The molecule has 0 spiro atoms. The molecule has 2 rings (SSSR count). The fraction of sp³-hybridized carbons (Fsp3) is 0.727. The molecule has 2 fully saturated rings. The maximum atomic E-state index is 11.5. The van der Waals surface area contributed by atoms with E-state index in [0.29, 0.717) is 12.3 Å². The molecular formula is C11H17N3O4. The van der Waals surface area contributed by atoms with E-state index in [1.165, 1.54) is 0 Å². The van der Waals surface area contributed by atoms with Crippen LogP contribution in [0.2, 0.25) is 0 Å². The normalized spacial score (nSPS) is 27.0. The standard InChI is InChI=1S/C11H17N3O4/c12-10(16)8-4-7(5-14(8)11(13)17)18-9(15)3-6-1-2-6/h6-8H,1-5H2,(H2,12,16)(H2,13,17). The number of primary amides is 2. The summed E-state index contributed by atoms with van der Waals surface area (Å²) in [6.07, 6.45) is 2.29. The lowest BCUT2D eigenvalue weighted by Crippen LogP contribution is -2.46. The van der Waals surface area contributed by atoms with Crippen LogP contribution in [-0.2, 0) is 14.3 Å². The van der Waals surface area contributed by atoms with Gasteiger partial charge in [0.05, 0.1) is 6.54 Å². The first-order valence-corrected chi connectivity index (χ1v) is 6.02. The quantitative estimate of drug-likeness (QED) is 0.648. The summed E-state index contributed by atoms with van der Waals surface area (Å²) in [7, 11) is 0. The molecule has 3 amide bonds. The first kappa shape index (κ1) is 12.7. The van der Waals surface area contributed by atoms with Crippen molar-refractivity contribution in [3.8, 4) is 0 Å². The number of nitrogens with zero attached hydrogens (tertiary/aromatic N) is 1. The Balaban J connectivity index is 1.88. The molecule has 2 aliphatic rings. The number of rotatable bonds is 4. The van der Waals surface area contributed by atoms with Crippen LogP contribution in [0.15, 0.2) is 0 Å².